The molecule has 0 aliphatic rings. The van der Waals surface area contributed by atoms with Gasteiger partial charge in [0.25, 0.3) is 0 Å². The fourth-order valence-corrected chi connectivity index (χ4v) is 2.43. The Bertz CT molecular complexity index is 343. The number of aliphatic hydroxyl groups is 1. The molecule has 3 N–H and O–H groups in total. The van der Waals surface area contributed by atoms with Crippen LogP contribution in [-0.4, -0.2) is 40.2 Å². The summed E-state index contributed by atoms with van der Waals surface area (Å²) in [6.07, 6.45) is 5.37. The van der Waals surface area contributed by atoms with Gasteiger partial charge in [-0.05, 0) is 38.3 Å². The molecule has 0 saturated carbocycles. The van der Waals surface area contributed by atoms with Crippen molar-refractivity contribution in [1.29, 1.82) is 0 Å². The van der Waals surface area contributed by atoms with Crippen LogP contribution in [0, 0.1) is 0 Å². The quantitative estimate of drug-likeness (QED) is 0.754. The minimum atomic E-state index is 0.0743. The molecule has 0 aliphatic carbocycles. The lowest BCUT2D eigenvalue weighted by Gasteiger charge is -2.38. The Hall–Kier alpha value is -0.970. The topological polar surface area (TPSA) is 62.4 Å². The van der Waals surface area contributed by atoms with Crippen LogP contribution in [0.4, 0.5) is 0 Å². The van der Waals surface area contributed by atoms with Crippen molar-refractivity contribution in [2.75, 3.05) is 13.2 Å². The highest BCUT2D eigenvalue weighted by Crippen LogP contribution is 2.26. The molecule has 2 unspecified atom stereocenters. The van der Waals surface area contributed by atoms with Crippen molar-refractivity contribution in [2.45, 2.75) is 51.7 Å². The molecule has 1 aromatic heterocycles. The third-order valence-electron chi connectivity index (χ3n) is 3.50. The van der Waals surface area contributed by atoms with Crippen LogP contribution in [0.15, 0.2) is 24.5 Å². The predicted octanol–water partition coefficient (Wildman–Crippen LogP) is 1.95. The maximum atomic E-state index is 9.07. The van der Waals surface area contributed by atoms with Gasteiger partial charge in [0.05, 0.1) is 6.04 Å². The molecule has 1 aromatic rings. The Morgan fingerprint density at radius 3 is 2.63 bits per heavy atom. The fraction of sp³-hybridized carbons (Fsp3) is 0.667. The van der Waals surface area contributed by atoms with E-state index >= 15 is 0 Å². The summed E-state index contributed by atoms with van der Waals surface area (Å²) >= 11 is 0. The highest BCUT2D eigenvalue weighted by molar-refractivity contribution is 5.16. The molecule has 0 saturated heterocycles. The molecule has 4 nitrogen and oxygen atoms in total. The van der Waals surface area contributed by atoms with Crippen LogP contribution < -0.4 is 5.73 Å². The zero-order valence-electron chi connectivity index (χ0n) is 12.3. The Morgan fingerprint density at radius 1 is 1.42 bits per heavy atom. The second-order valence-corrected chi connectivity index (χ2v) is 5.21. The fourth-order valence-electron chi connectivity index (χ4n) is 2.43. The molecule has 0 aromatic carbocycles. The van der Waals surface area contributed by atoms with E-state index in [0.717, 1.165) is 24.9 Å². The third-order valence-corrected chi connectivity index (χ3v) is 3.50. The maximum absolute atomic E-state index is 9.07. The summed E-state index contributed by atoms with van der Waals surface area (Å²) in [5.74, 6) is 0. The van der Waals surface area contributed by atoms with Crippen LogP contribution in [0.25, 0.3) is 0 Å². The van der Waals surface area contributed by atoms with Gasteiger partial charge in [0.2, 0.25) is 0 Å². The predicted molar refractivity (Wildman–Crippen MR) is 78.8 cm³/mol. The molecule has 19 heavy (non-hydrogen) atoms. The van der Waals surface area contributed by atoms with Gasteiger partial charge >= 0.3 is 0 Å². The average molecular weight is 265 g/mol. The molecule has 0 radical (unpaired) electrons. The lowest BCUT2D eigenvalue weighted by Crippen LogP contribution is -2.45. The molecule has 0 bridgehead atoms. The molecule has 0 amide bonds. The van der Waals surface area contributed by atoms with Crippen LogP contribution in [-0.2, 0) is 0 Å². The zero-order chi connectivity index (χ0) is 14.3. The SMILES string of the molecule is CCC(N)C(c1cccnc1)N(CCCO)C(C)C. The van der Waals surface area contributed by atoms with Crippen LogP contribution in [0.3, 0.4) is 0 Å². The van der Waals surface area contributed by atoms with E-state index < -0.39 is 0 Å². The van der Waals surface area contributed by atoms with Gasteiger partial charge in [-0.15, -0.1) is 0 Å². The van der Waals surface area contributed by atoms with Crippen LogP contribution in [0.5, 0.6) is 0 Å². The monoisotopic (exact) mass is 265 g/mol. The standard InChI is InChI=1S/C15H27N3O/c1-4-14(16)15(13-7-5-8-17-11-13)18(12(2)3)9-6-10-19/h5,7-8,11-12,14-15,19H,4,6,9-10,16H2,1-3H3. The van der Waals surface area contributed by atoms with Crippen LogP contribution >= 0.6 is 0 Å². The average Bonchev–Trinajstić information content (AvgIpc) is 2.43. The summed E-state index contributed by atoms with van der Waals surface area (Å²) in [5, 5.41) is 9.07. The Morgan fingerprint density at radius 2 is 2.16 bits per heavy atom. The molecule has 2 atom stereocenters. The van der Waals surface area contributed by atoms with Crippen LogP contribution in [0.2, 0.25) is 0 Å². The van der Waals surface area contributed by atoms with E-state index in [2.05, 4.69) is 36.7 Å². The molecule has 0 aliphatic heterocycles. The van der Waals surface area contributed by atoms with E-state index in [1.807, 2.05) is 12.3 Å². The number of hydrogen-bond donors (Lipinski definition) is 2. The molecule has 4 heteroatoms. The first-order valence-electron chi connectivity index (χ1n) is 7.13. The summed E-state index contributed by atoms with van der Waals surface area (Å²) in [4.78, 5) is 6.58. The molecule has 1 heterocycles. The first-order chi connectivity index (χ1) is 9.11. The number of rotatable bonds is 8. The second kappa shape index (κ2) is 8.25. The highest BCUT2D eigenvalue weighted by atomic mass is 16.3. The van der Waals surface area contributed by atoms with Crippen molar-refractivity contribution in [3.63, 3.8) is 0 Å². The number of pyridine rings is 1. The zero-order valence-corrected chi connectivity index (χ0v) is 12.3. The Labute approximate surface area is 116 Å². The first kappa shape index (κ1) is 16.1. The summed E-state index contributed by atoms with van der Waals surface area (Å²) in [6, 6.07) is 4.65. The van der Waals surface area contributed by atoms with E-state index in [9.17, 15) is 0 Å². The van der Waals surface area contributed by atoms with E-state index in [1.54, 1.807) is 6.20 Å². The van der Waals surface area contributed by atoms with E-state index in [1.165, 1.54) is 0 Å². The van der Waals surface area contributed by atoms with Crippen molar-refractivity contribution in [3.05, 3.63) is 30.1 Å². The Balaban J connectivity index is 2.99. The van der Waals surface area contributed by atoms with Gasteiger partial charge in [-0.3, -0.25) is 9.88 Å². The minimum absolute atomic E-state index is 0.0743. The number of aromatic nitrogens is 1. The summed E-state index contributed by atoms with van der Waals surface area (Å²) in [7, 11) is 0. The van der Waals surface area contributed by atoms with E-state index in [0.29, 0.717) is 6.04 Å². The maximum Gasteiger partial charge on any atom is 0.0516 e. The summed E-state index contributed by atoms with van der Waals surface area (Å²) in [6.45, 7) is 7.51. The lowest BCUT2D eigenvalue weighted by atomic mass is 9.96. The minimum Gasteiger partial charge on any atom is -0.396 e. The van der Waals surface area contributed by atoms with Gasteiger partial charge in [-0.1, -0.05) is 13.0 Å². The van der Waals surface area contributed by atoms with Gasteiger partial charge in [-0.25, -0.2) is 0 Å². The second-order valence-electron chi connectivity index (χ2n) is 5.21. The lowest BCUT2D eigenvalue weighted by molar-refractivity contribution is 0.117. The normalized spacial score (nSPS) is 14.9. The molecule has 1 rings (SSSR count). The number of hydrogen-bond acceptors (Lipinski definition) is 4. The van der Waals surface area contributed by atoms with Crippen molar-refractivity contribution in [1.82, 2.24) is 9.88 Å². The van der Waals surface area contributed by atoms with Gasteiger partial charge in [-0.2, -0.15) is 0 Å². The molecule has 0 fully saturated rings. The van der Waals surface area contributed by atoms with Gasteiger partial charge in [0, 0.05) is 37.6 Å². The van der Waals surface area contributed by atoms with Crippen molar-refractivity contribution >= 4 is 0 Å². The van der Waals surface area contributed by atoms with Gasteiger partial charge in [0.15, 0.2) is 0 Å². The third kappa shape index (κ3) is 4.56. The smallest absolute Gasteiger partial charge is 0.0516 e. The van der Waals surface area contributed by atoms with Gasteiger partial charge < -0.3 is 10.8 Å². The van der Waals surface area contributed by atoms with Crippen molar-refractivity contribution < 1.29 is 5.11 Å². The summed E-state index contributed by atoms with van der Waals surface area (Å²) < 4.78 is 0. The number of nitrogens with two attached hydrogens (primary N) is 1. The highest BCUT2D eigenvalue weighted by Gasteiger charge is 2.27. The van der Waals surface area contributed by atoms with Crippen molar-refractivity contribution in [2.24, 2.45) is 5.73 Å². The molecule has 108 valence electrons. The number of nitrogens with zero attached hydrogens (tertiary/aromatic N) is 2. The van der Waals surface area contributed by atoms with Crippen molar-refractivity contribution in [3.8, 4) is 0 Å². The molecule has 0 spiro atoms. The van der Waals surface area contributed by atoms with Crippen LogP contribution in [0.1, 0.15) is 45.2 Å². The first-order valence-corrected chi connectivity index (χ1v) is 7.13. The molecular weight excluding hydrogens is 238 g/mol. The summed E-state index contributed by atoms with van der Waals surface area (Å²) in [5.41, 5.74) is 7.48. The van der Waals surface area contributed by atoms with E-state index in [-0.39, 0.29) is 18.7 Å². The Kier molecular flexibility index (Phi) is 6.99. The largest absolute Gasteiger partial charge is 0.396 e. The van der Waals surface area contributed by atoms with Gasteiger partial charge in [0.1, 0.15) is 0 Å². The van der Waals surface area contributed by atoms with E-state index in [4.69, 9.17) is 10.8 Å². The molecular formula is C15H27N3O. The number of aliphatic hydroxyl groups excluding tert-OH is 1.